The van der Waals surface area contributed by atoms with E-state index in [9.17, 15) is 0 Å². The number of rotatable bonds is 5. The zero-order valence-electron chi connectivity index (χ0n) is 10.3. The van der Waals surface area contributed by atoms with E-state index in [1.165, 1.54) is 17.9 Å². The Morgan fingerprint density at radius 3 is 2.73 bits per heavy atom. The van der Waals surface area contributed by atoms with E-state index in [1.807, 2.05) is 11.8 Å². The quantitative estimate of drug-likeness (QED) is 0.804. The molecule has 1 heterocycles. The second kappa shape index (κ2) is 5.80. The maximum atomic E-state index is 6.00. The molecular formula is C11H24N2S2. The van der Waals surface area contributed by atoms with E-state index in [1.54, 1.807) is 0 Å². The lowest BCUT2D eigenvalue weighted by Gasteiger charge is -2.41. The van der Waals surface area contributed by atoms with Gasteiger partial charge in [0.1, 0.15) is 0 Å². The first-order chi connectivity index (χ1) is 7.05. The molecule has 2 N–H and O–H groups in total. The maximum absolute atomic E-state index is 6.00. The second-order valence-corrected chi connectivity index (χ2v) is 7.01. The van der Waals surface area contributed by atoms with Crippen molar-refractivity contribution >= 4 is 23.5 Å². The number of nitrogens with two attached hydrogens (primary N) is 1. The van der Waals surface area contributed by atoms with Crippen molar-refractivity contribution in [1.82, 2.24) is 4.90 Å². The van der Waals surface area contributed by atoms with Crippen LogP contribution in [0.5, 0.6) is 0 Å². The van der Waals surface area contributed by atoms with Gasteiger partial charge in [-0.05, 0) is 26.6 Å². The summed E-state index contributed by atoms with van der Waals surface area (Å²) in [5.41, 5.74) is 6.25. The highest BCUT2D eigenvalue weighted by molar-refractivity contribution is 8.00. The SMILES string of the molecule is CSCC(C)N(C)C1(CN)CSC(C)C1. The summed E-state index contributed by atoms with van der Waals surface area (Å²) in [6.07, 6.45) is 3.41. The van der Waals surface area contributed by atoms with Gasteiger partial charge in [-0.3, -0.25) is 4.90 Å². The molecule has 3 unspecified atom stereocenters. The van der Waals surface area contributed by atoms with Crippen molar-refractivity contribution in [2.24, 2.45) is 5.73 Å². The maximum Gasteiger partial charge on any atom is 0.0432 e. The van der Waals surface area contributed by atoms with Gasteiger partial charge in [0.15, 0.2) is 0 Å². The number of hydrogen-bond acceptors (Lipinski definition) is 4. The van der Waals surface area contributed by atoms with Gasteiger partial charge in [-0.15, -0.1) is 0 Å². The molecule has 3 atom stereocenters. The van der Waals surface area contributed by atoms with Crippen molar-refractivity contribution in [3.8, 4) is 0 Å². The lowest BCUT2D eigenvalue weighted by Crippen LogP contribution is -2.56. The molecule has 1 fully saturated rings. The van der Waals surface area contributed by atoms with Crippen LogP contribution in [-0.4, -0.2) is 53.1 Å². The molecule has 0 saturated carbocycles. The van der Waals surface area contributed by atoms with E-state index in [4.69, 9.17) is 5.73 Å². The van der Waals surface area contributed by atoms with E-state index in [2.05, 4.69) is 43.8 Å². The highest BCUT2D eigenvalue weighted by atomic mass is 32.2. The summed E-state index contributed by atoms with van der Waals surface area (Å²) < 4.78 is 0. The smallest absolute Gasteiger partial charge is 0.0432 e. The molecule has 0 amide bonds. The molecule has 4 heteroatoms. The zero-order chi connectivity index (χ0) is 11.5. The lowest BCUT2D eigenvalue weighted by atomic mass is 9.93. The molecule has 1 aliphatic rings. The molecule has 15 heavy (non-hydrogen) atoms. The summed E-state index contributed by atoms with van der Waals surface area (Å²) >= 11 is 3.98. The molecule has 90 valence electrons. The van der Waals surface area contributed by atoms with Gasteiger partial charge in [0.05, 0.1) is 0 Å². The zero-order valence-corrected chi connectivity index (χ0v) is 12.0. The molecule has 0 aromatic heterocycles. The summed E-state index contributed by atoms with van der Waals surface area (Å²) in [6.45, 7) is 5.41. The van der Waals surface area contributed by atoms with Crippen molar-refractivity contribution in [3.05, 3.63) is 0 Å². The fourth-order valence-electron chi connectivity index (χ4n) is 2.30. The Morgan fingerprint density at radius 2 is 2.33 bits per heavy atom. The predicted octanol–water partition coefficient (Wildman–Crippen LogP) is 1.89. The van der Waals surface area contributed by atoms with Crippen molar-refractivity contribution in [2.75, 3.05) is 31.4 Å². The van der Waals surface area contributed by atoms with Crippen LogP contribution in [0.2, 0.25) is 0 Å². The van der Waals surface area contributed by atoms with Crippen LogP contribution < -0.4 is 5.73 Å². The summed E-state index contributed by atoms with van der Waals surface area (Å²) in [7, 11) is 2.24. The van der Waals surface area contributed by atoms with Crippen LogP contribution in [0.1, 0.15) is 20.3 Å². The first-order valence-electron chi connectivity index (χ1n) is 5.59. The first kappa shape index (κ1) is 13.7. The number of likely N-dealkylation sites (N-methyl/N-ethyl adjacent to an activating group) is 1. The summed E-state index contributed by atoms with van der Waals surface area (Å²) in [5, 5.41) is 0.762. The van der Waals surface area contributed by atoms with Gasteiger partial charge in [0.25, 0.3) is 0 Å². The summed E-state index contributed by atoms with van der Waals surface area (Å²) in [6, 6.07) is 0.620. The fraction of sp³-hybridized carbons (Fsp3) is 1.00. The normalized spacial score (nSPS) is 33.6. The fourth-order valence-corrected chi connectivity index (χ4v) is 4.47. The second-order valence-electron chi connectivity index (χ2n) is 4.67. The Balaban J connectivity index is 2.65. The van der Waals surface area contributed by atoms with E-state index in [-0.39, 0.29) is 5.54 Å². The van der Waals surface area contributed by atoms with Crippen LogP contribution in [0.15, 0.2) is 0 Å². The Hall–Kier alpha value is 0.620. The molecular weight excluding hydrogens is 224 g/mol. The molecule has 1 aliphatic heterocycles. The minimum absolute atomic E-state index is 0.249. The Kier molecular flexibility index (Phi) is 5.29. The third-order valence-electron chi connectivity index (χ3n) is 3.50. The van der Waals surface area contributed by atoms with Crippen molar-refractivity contribution in [3.63, 3.8) is 0 Å². The third-order valence-corrected chi connectivity index (χ3v) is 5.76. The van der Waals surface area contributed by atoms with Crippen molar-refractivity contribution < 1.29 is 0 Å². The third kappa shape index (κ3) is 3.05. The highest BCUT2D eigenvalue weighted by Crippen LogP contribution is 2.38. The Bertz CT molecular complexity index is 201. The van der Waals surface area contributed by atoms with E-state index < -0.39 is 0 Å². The van der Waals surface area contributed by atoms with E-state index >= 15 is 0 Å². The van der Waals surface area contributed by atoms with E-state index in [0.29, 0.717) is 6.04 Å². The van der Waals surface area contributed by atoms with Gasteiger partial charge < -0.3 is 5.73 Å². The van der Waals surface area contributed by atoms with Gasteiger partial charge in [-0.1, -0.05) is 6.92 Å². The van der Waals surface area contributed by atoms with Gasteiger partial charge in [0.2, 0.25) is 0 Å². The van der Waals surface area contributed by atoms with Crippen LogP contribution >= 0.6 is 23.5 Å². The standard InChI is InChI=1S/C11H24N2S2/c1-9(6-14-4)13(3)11(7-12)5-10(2)15-8-11/h9-10H,5-8,12H2,1-4H3. The lowest BCUT2D eigenvalue weighted by molar-refractivity contribution is 0.113. The van der Waals surface area contributed by atoms with Gasteiger partial charge >= 0.3 is 0 Å². The minimum atomic E-state index is 0.249. The van der Waals surface area contributed by atoms with Gasteiger partial charge in [0, 0.05) is 34.9 Å². The number of thioether (sulfide) groups is 2. The molecule has 0 aromatic rings. The Labute approximate surface area is 103 Å². The van der Waals surface area contributed by atoms with Crippen LogP contribution in [-0.2, 0) is 0 Å². The molecule has 0 aliphatic carbocycles. The largest absolute Gasteiger partial charge is 0.329 e. The van der Waals surface area contributed by atoms with E-state index in [0.717, 1.165) is 11.8 Å². The number of hydrogen-bond donors (Lipinski definition) is 1. The van der Waals surface area contributed by atoms with Crippen molar-refractivity contribution in [2.45, 2.75) is 37.1 Å². The molecule has 1 rings (SSSR count). The molecule has 0 aromatic carbocycles. The number of nitrogens with zero attached hydrogens (tertiary/aromatic N) is 1. The molecule has 2 nitrogen and oxygen atoms in total. The molecule has 0 spiro atoms. The van der Waals surface area contributed by atoms with Crippen LogP contribution in [0.3, 0.4) is 0 Å². The monoisotopic (exact) mass is 248 g/mol. The minimum Gasteiger partial charge on any atom is -0.329 e. The summed E-state index contributed by atoms with van der Waals surface area (Å²) in [4.78, 5) is 2.51. The molecule has 1 saturated heterocycles. The summed E-state index contributed by atoms with van der Waals surface area (Å²) in [5.74, 6) is 2.39. The average Bonchev–Trinajstić information content (AvgIpc) is 2.60. The highest BCUT2D eigenvalue weighted by Gasteiger charge is 2.41. The van der Waals surface area contributed by atoms with Gasteiger partial charge in [-0.2, -0.15) is 23.5 Å². The molecule has 0 radical (unpaired) electrons. The van der Waals surface area contributed by atoms with Crippen molar-refractivity contribution in [1.29, 1.82) is 0 Å². The Morgan fingerprint density at radius 1 is 1.67 bits per heavy atom. The van der Waals surface area contributed by atoms with Gasteiger partial charge in [-0.25, -0.2) is 0 Å². The molecule has 0 bridgehead atoms. The van der Waals surface area contributed by atoms with Crippen LogP contribution in [0.25, 0.3) is 0 Å². The topological polar surface area (TPSA) is 29.3 Å². The predicted molar refractivity (Wildman–Crippen MR) is 73.9 cm³/mol. The van der Waals surface area contributed by atoms with Crippen LogP contribution in [0.4, 0.5) is 0 Å². The van der Waals surface area contributed by atoms with Crippen LogP contribution in [0, 0.1) is 0 Å². The average molecular weight is 248 g/mol. The first-order valence-corrected chi connectivity index (χ1v) is 8.03.